The number of hydrogen-bond donors (Lipinski definition) is 1. The van der Waals surface area contributed by atoms with Crippen LogP contribution in [0.5, 0.6) is 0 Å². The van der Waals surface area contributed by atoms with Crippen molar-refractivity contribution in [2.75, 3.05) is 16.8 Å². The van der Waals surface area contributed by atoms with Crippen molar-refractivity contribution < 1.29 is 22.7 Å². The van der Waals surface area contributed by atoms with Gasteiger partial charge in [-0.1, -0.05) is 6.07 Å². The molecule has 2 rings (SSSR count). The Kier molecular flexibility index (Phi) is 5.57. The Bertz CT molecular complexity index is 782. The molecular formula is C16H18N2O5S. The zero-order valence-corrected chi connectivity index (χ0v) is 14.0. The molecule has 24 heavy (non-hydrogen) atoms. The number of amides is 1. The highest BCUT2D eigenvalue weighted by atomic mass is 32.2. The third kappa shape index (κ3) is 5.06. The van der Waals surface area contributed by atoms with Crippen molar-refractivity contribution in [1.82, 2.24) is 0 Å². The first kappa shape index (κ1) is 17.9. The molecule has 0 radical (unpaired) electrons. The number of carbonyl (C=O) groups is 2. The third-order valence-electron chi connectivity index (χ3n) is 3.72. The van der Waals surface area contributed by atoms with E-state index in [-0.39, 0.29) is 23.8 Å². The quantitative estimate of drug-likeness (QED) is 0.800. The molecule has 1 aromatic carbocycles. The minimum absolute atomic E-state index is 0.0103. The van der Waals surface area contributed by atoms with Gasteiger partial charge in [-0.15, -0.1) is 0 Å². The van der Waals surface area contributed by atoms with Crippen LogP contribution in [0.15, 0.2) is 24.3 Å². The monoisotopic (exact) mass is 350 g/mol. The average molecular weight is 350 g/mol. The molecular weight excluding hydrogens is 332 g/mol. The molecule has 128 valence electrons. The lowest BCUT2D eigenvalue weighted by atomic mass is 10.1. The number of hydrogen-bond acceptors (Lipinski definition) is 6. The van der Waals surface area contributed by atoms with Crippen LogP contribution in [0.25, 0.3) is 0 Å². The number of nitriles is 1. The Hall–Kier alpha value is -2.40. The molecule has 1 heterocycles. The fraction of sp³-hybridized carbons (Fsp3) is 0.438. The van der Waals surface area contributed by atoms with Gasteiger partial charge in [0, 0.05) is 12.1 Å². The van der Waals surface area contributed by atoms with E-state index < -0.39 is 27.8 Å². The molecule has 1 N–H and O–H groups in total. The van der Waals surface area contributed by atoms with Gasteiger partial charge in [0.15, 0.2) is 15.9 Å². The lowest BCUT2D eigenvalue weighted by molar-refractivity contribution is -0.153. The van der Waals surface area contributed by atoms with Crippen molar-refractivity contribution in [3.05, 3.63) is 29.8 Å². The summed E-state index contributed by atoms with van der Waals surface area (Å²) < 4.78 is 27.8. The zero-order valence-electron chi connectivity index (χ0n) is 13.2. The van der Waals surface area contributed by atoms with Crippen molar-refractivity contribution >= 4 is 27.4 Å². The van der Waals surface area contributed by atoms with Crippen LogP contribution in [0.2, 0.25) is 0 Å². The van der Waals surface area contributed by atoms with Crippen LogP contribution < -0.4 is 5.32 Å². The highest BCUT2D eigenvalue weighted by Gasteiger charge is 2.30. The van der Waals surface area contributed by atoms with Crippen LogP contribution in [0, 0.1) is 17.2 Å². The largest absolute Gasteiger partial charge is 0.453 e. The Balaban J connectivity index is 1.85. The number of benzene rings is 1. The molecule has 0 bridgehead atoms. The summed E-state index contributed by atoms with van der Waals surface area (Å²) in [6.07, 6.45) is -0.582. The number of anilines is 1. The van der Waals surface area contributed by atoms with Gasteiger partial charge in [-0.2, -0.15) is 5.26 Å². The van der Waals surface area contributed by atoms with Gasteiger partial charge in [0.25, 0.3) is 5.91 Å². The first-order valence-corrected chi connectivity index (χ1v) is 9.32. The van der Waals surface area contributed by atoms with Crippen molar-refractivity contribution in [3.8, 4) is 6.07 Å². The van der Waals surface area contributed by atoms with E-state index in [0.29, 0.717) is 17.7 Å². The van der Waals surface area contributed by atoms with Crippen molar-refractivity contribution in [1.29, 1.82) is 5.26 Å². The Morgan fingerprint density at radius 3 is 2.83 bits per heavy atom. The Morgan fingerprint density at radius 2 is 2.21 bits per heavy atom. The topological polar surface area (TPSA) is 113 Å². The number of rotatable bonds is 5. The van der Waals surface area contributed by atoms with Gasteiger partial charge in [0.2, 0.25) is 0 Å². The molecule has 1 amide bonds. The van der Waals surface area contributed by atoms with Crippen LogP contribution in [0.3, 0.4) is 0 Å². The van der Waals surface area contributed by atoms with Gasteiger partial charge in [-0.05, 0) is 37.5 Å². The van der Waals surface area contributed by atoms with E-state index in [1.165, 1.54) is 13.0 Å². The summed E-state index contributed by atoms with van der Waals surface area (Å²) >= 11 is 0. The van der Waals surface area contributed by atoms with Gasteiger partial charge in [0.1, 0.15) is 0 Å². The number of nitrogens with one attached hydrogen (secondary N) is 1. The molecule has 0 aliphatic carbocycles. The molecule has 2 atom stereocenters. The zero-order chi connectivity index (χ0) is 17.7. The number of carbonyl (C=O) groups excluding carboxylic acids is 2. The molecule has 0 spiro atoms. The fourth-order valence-corrected chi connectivity index (χ4v) is 4.34. The number of nitrogens with zero attached hydrogens (tertiary/aromatic N) is 1. The maximum absolute atomic E-state index is 12.0. The Morgan fingerprint density at radius 1 is 1.46 bits per heavy atom. The van der Waals surface area contributed by atoms with Crippen molar-refractivity contribution in [2.24, 2.45) is 5.92 Å². The summed E-state index contributed by atoms with van der Waals surface area (Å²) in [5.74, 6) is -1.27. The summed E-state index contributed by atoms with van der Waals surface area (Å²) in [7, 11) is -3.05. The summed E-state index contributed by atoms with van der Waals surface area (Å²) in [5, 5.41) is 11.4. The molecule has 0 aromatic heterocycles. The maximum Gasteiger partial charge on any atom is 0.306 e. The minimum Gasteiger partial charge on any atom is -0.453 e. The van der Waals surface area contributed by atoms with E-state index in [1.807, 2.05) is 6.07 Å². The van der Waals surface area contributed by atoms with E-state index in [9.17, 15) is 18.0 Å². The van der Waals surface area contributed by atoms with E-state index in [0.717, 1.165) is 0 Å². The predicted octanol–water partition coefficient (Wildman–Crippen LogP) is 1.25. The van der Waals surface area contributed by atoms with E-state index in [4.69, 9.17) is 10.00 Å². The highest BCUT2D eigenvalue weighted by molar-refractivity contribution is 7.91. The maximum atomic E-state index is 12.0. The standard InChI is InChI=1S/C16H18N2O5S/c1-11(16(20)18-14-4-2-3-12(7-14)9-17)23-15(19)8-13-5-6-24(21,22)10-13/h2-4,7,11,13H,5-6,8,10H2,1H3,(H,18,20)/t11-,13-/m1/s1. The van der Waals surface area contributed by atoms with E-state index in [2.05, 4.69) is 5.32 Å². The second kappa shape index (κ2) is 7.45. The van der Waals surface area contributed by atoms with Crippen LogP contribution in [-0.2, 0) is 24.2 Å². The summed E-state index contributed by atoms with van der Waals surface area (Å²) in [5.41, 5.74) is 0.837. The Labute approximate surface area is 140 Å². The van der Waals surface area contributed by atoms with Crippen LogP contribution in [-0.4, -0.2) is 37.9 Å². The number of ether oxygens (including phenoxy) is 1. The first-order valence-electron chi connectivity index (χ1n) is 7.50. The van der Waals surface area contributed by atoms with Gasteiger partial charge in [-0.25, -0.2) is 8.42 Å². The molecule has 1 aliphatic rings. The van der Waals surface area contributed by atoms with Crippen LogP contribution in [0.4, 0.5) is 5.69 Å². The highest BCUT2D eigenvalue weighted by Crippen LogP contribution is 2.22. The smallest absolute Gasteiger partial charge is 0.306 e. The minimum atomic E-state index is -3.05. The lowest BCUT2D eigenvalue weighted by Gasteiger charge is -2.15. The molecule has 1 saturated heterocycles. The van der Waals surface area contributed by atoms with Crippen molar-refractivity contribution in [3.63, 3.8) is 0 Å². The second-order valence-electron chi connectivity index (χ2n) is 5.79. The van der Waals surface area contributed by atoms with Crippen LogP contribution >= 0.6 is 0 Å². The van der Waals surface area contributed by atoms with Gasteiger partial charge >= 0.3 is 5.97 Å². The molecule has 8 heteroatoms. The average Bonchev–Trinajstić information content (AvgIpc) is 2.85. The summed E-state index contributed by atoms with van der Waals surface area (Å²) in [4.78, 5) is 23.9. The van der Waals surface area contributed by atoms with Crippen molar-refractivity contribution in [2.45, 2.75) is 25.9 Å². The normalized spacial score (nSPS) is 19.9. The summed E-state index contributed by atoms with van der Waals surface area (Å²) in [6.45, 7) is 1.44. The molecule has 7 nitrogen and oxygen atoms in total. The van der Waals surface area contributed by atoms with E-state index in [1.54, 1.807) is 18.2 Å². The van der Waals surface area contributed by atoms with Gasteiger partial charge in [0.05, 0.1) is 23.1 Å². The lowest BCUT2D eigenvalue weighted by Crippen LogP contribution is -2.30. The predicted molar refractivity (Wildman–Crippen MR) is 86.7 cm³/mol. The molecule has 1 aliphatic heterocycles. The van der Waals surface area contributed by atoms with Gasteiger partial charge in [-0.3, -0.25) is 9.59 Å². The number of sulfone groups is 1. The second-order valence-corrected chi connectivity index (χ2v) is 8.02. The molecule has 0 saturated carbocycles. The number of esters is 1. The summed E-state index contributed by atoms with van der Waals surface area (Å²) in [6, 6.07) is 8.33. The fourth-order valence-electron chi connectivity index (χ4n) is 2.48. The SMILES string of the molecule is C[C@@H](OC(=O)C[C@H]1CCS(=O)(=O)C1)C(=O)Nc1cccc(C#N)c1. The first-order chi connectivity index (χ1) is 11.3. The molecule has 1 fully saturated rings. The van der Waals surface area contributed by atoms with E-state index >= 15 is 0 Å². The molecule has 1 aromatic rings. The van der Waals surface area contributed by atoms with Gasteiger partial charge < -0.3 is 10.1 Å². The van der Waals surface area contributed by atoms with Crippen LogP contribution in [0.1, 0.15) is 25.3 Å². The third-order valence-corrected chi connectivity index (χ3v) is 5.56. The molecule has 0 unspecified atom stereocenters.